The van der Waals surface area contributed by atoms with E-state index >= 15 is 0 Å². The van der Waals surface area contributed by atoms with Crippen molar-refractivity contribution in [3.8, 4) is 0 Å². The topological polar surface area (TPSA) is 21.3 Å². The normalized spacial score (nSPS) is 17.6. The number of aryl methyl sites for hydroxylation is 1. The molecular weight excluding hydrogens is 253 g/mol. The third kappa shape index (κ3) is 2.68. The van der Waals surface area contributed by atoms with Gasteiger partial charge in [0.05, 0.1) is 12.7 Å². The third-order valence-electron chi connectivity index (χ3n) is 3.74. The molecule has 0 amide bonds. The Morgan fingerprint density at radius 1 is 1.25 bits per heavy atom. The van der Waals surface area contributed by atoms with Crippen molar-refractivity contribution in [2.24, 2.45) is 0 Å². The summed E-state index contributed by atoms with van der Waals surface area (Å²) in [6, 6.07) is 13.5. The molecule has 3 rings (SSSR count). The molecule has 0 radical (unpaired) electrons. The second-order valence-electron chi connectivity index (χ2n) is 5.15. The lowest BCUT2D eigenvalue weighted by atomic mass is 9.97. The van der Waals surface area contributed by atoms with Gasteiger partial charge in [0.15, 0.2) is 0 Å². The van der Waals surface area contributed by atoms with Crippen LogP contribution in [0, 0.1) is 12.7 Å². The molecule has 2 aromatic carbocycles. The first-order valence-electron chi connectivity index (χ1n) is 6.93. The Morgan fingerprint density at radius 3 is 2.95 bits per heavy atom. The molecule has 1 heterocycles. The zero-order chi connectivity index (χ0) is 13.9. The number of nitrogens with one attached hydrogen (secondary N) is 1. The molecule has 2 aromatic rings. The highest BCUT2D eigenvalue weighted by Gasteiger charge is 2.19. The van der Waals surface area contributed by atoms with Crippen LogP contribution >= 0.6 is 0 Å². The molecule has 0 saturated heterocycles. The smallest absolute Gasteiger partial charge is 0.126 e. The maximum absolute atomic E-state index is 13.2. The second-order valence-corrected chi connectivity index (χ2v) is 5.15. The Labute approximate surface area is 118 Å². The average Bonchev–Trinajstić information content (AvgIpc) is 2.48. The van der Waals surface area contributed by atoms with Gasteiger partial charge in [-0.3, -0.25) is 0 Å². The highest BCUT2D eigenvalue weighted by molar-refractivity contribution is 5.46. The van der Waals surface area contributed by atoms with Crippen LogP contribution in [0.25, 0.3) is 0 Å². The maximum Gasteiger partial charge on any atom is 0.126 e. The van der Waals surface area contributed by atoms with Crippen LogP contribution in [0.15, 0.2) is 42.5 Å². The summed E-state index contributed by atoms with van der Waals surface area (Å²) in [7, 11) is 0. The number of ether oxygens (including phenoxy) is 1. The predicted molar refractivity (Wildman–Crippen MR) is 78.5 cm³/mol. The van der Waals surface area contributed by atoms with Crippen LogP contribution in [0.2, 0.25) is 0 Å². The summed E-state index contributed by atoms with van der Waals surface area (Å²) in [5.41, 5.74) is 4.20. The van der Waals surface area contributed by atoms with Crippen LogP contribution in [0.5, 0.6) is 0 Å². The molecule has 104 valence electrons. The van der Waals surface area contributed by atoms with Crippen LogP contribution in [0.4, 0.5) is 10.1 Å². The van der Waals surface area contributed by atoms with Crippen molar-refractivity contribution in [2.75, 3.05) is 18.5 Å². The molecular formula is C17H18FNO. The van der Waals surface area contributed by atoms with E-state index in [1.54, 1.807) is 13.0 Å². The lowest BCUT2D eigenvalue weighted by Crippen LogP contribution is -2.22. The minimum Gasteiger partial charge on any atom is -0.382 e. The monoisotopic (exact) mass is 271 g/mol. The summed E-state index contributed by atoms with van der Waals surface area (Å²) in [5, 5.41) is 3.33. The highest BCUT2D eigenvalue weighted by Crippen LogP contribution is 2.27. The molecule has 0 bridgehead atoms. The molecule has 0 aromatic heterocycles. The fourth-order valence-electron chi connectivity index (χ4n) is 2.61. The Morgan fingerprint density at radius 2 is 2.10 bits per heavy atom. The summed E-state index contributed by atoms with van der Waals surface area (Å²) in [5.74, 6) is -0.171. The van der Waals surface area contributed by atoms with Crippen molar-refractivity contribution in [2.45, 2.75) is 19.4 Å². The van der Waals surface area contributed by atoms with Gasteiger partial charge < -0.3 is 10.1 Å². The molecule has 1 aliphatic rings. The Bertz CT molecular complexity index is 612. The number of benzene rings is 2. The molecule has 0 saturated carbocycles. The van der Waals surface area contributed by atoms with Crippen molar-refractivity contribution in [3.63, 3.8) is 0 Å². The molecule has 0 fully saturated rings. The Kier molecular flexibility index (Phi) is 3.70. The average molecular weight is 271 g/mol. The van der Waals surface area contributed by atoms with Gasteiger partial charge in [-0.05, 0) is 48.2 Å². The third-order valence-corrected chi connectivity index (χ3v) is 3.74. The van der Waals surface area contributed by atoms with Crippen LogP contribution in [-0.2, 0) is 11.2 Å². The van der Waals surface area contributed by atoms with Crippen molar-refractivity contribution >= 4 is 5.69 Å². The summed E-state index contributed by atoms with van der Waals surface area (Å²) < 4.78 is 19.1. The van der Waals surface area contributed by atoms with Gasteiger partial charge in [-0.25, -0.2) is 4.39 Å². The zero-order valence-corrected chi connectivity index (χ0v) is 11.5. The van der Waals surface area contributed by atoms with Gasteiger partial charge in [-0.2, -0.15) is 0 Å². The van der Waals surface area contributed by atoms with Crippen LogP contribution < -0.4 is 5.32 Å². The quantitative estimate of drug-likeness (QED) is 0.915. The first-order valence-corrected chi connectivity index (χ1v) is 6.93. The van der Waals surface area contributed by atoms with Gasteiger partial charge in [-0.1, -0.05) is 24.3 Å². The van der Waals surface area contributed by atoms with E-state index in [1.165, 1.54) is 17.2 Å². The molecule has 3 heteroatoms. The number of anilines is 1. The van der Waals surface area contributed by atoms with Crippen molar-refractivity contribution < 1.29 is 9.13 Å². The first-order chi connectivity index (χ1) is 9.74. The number of fused-ring (bicyclic) bond motifs is 1. The van der Waals surface area contributed by atoms with Crippen LogP contribution in [-0.4, -0.2) is 13.2 Å². The molecule has 1 atom stereocenters. The number of hydrogen-bond donors (Lipinski definition) is 1. The molecule has 0 spiro atoms. The SMILES string of the molecule is Cc1cc(NCC2OCCc3ccccc32)ccc1F. The maximum atomic E-state index is 13.2. The minimum atomic E-state index is -0.171. The van der Waals surface area contributed by atoms with E-state index in [4.69, 9.17) is 4.74 Å². The van der Waals surface area contributed by atoms with Gasteiger partial charge in [0, 0.05) is 12.2 Å². The van der Waals surface area contributed by atoms with E-state index in [0.717, 1.165) is 18.7 Å². The molecule has 1 unspecified atom stereocenters. The number of halogens is 1. The predicted octanol–water partition coefficient (Wildman–Crippen LogP) is 3.86. The first kappa shape index (κ1) is 13.1. The van der Waals surface area contributed by atoms with E-state index in [0.29, 0.717) is 12.1 Å². The summed E-state index contributed by atoms with van der Waals surface area (Å²) in [6.07, 6.45) is 1.04. The molecule has 1 aliphatic heterocycles. The Balaban J connectivity index is 1.71. The van der Waals surface area contributed by atoms with E-state index < -0.39 is 0 Å². The lowest BCUT2D eigenvalue weighted by Gasteiger charge is -2.26. The standard InChI is InChI=1S/C17H18FNO/c1-12-10-14(6-7-16(12)18)19-11-17-15-5-3-2-4-13(15)8-9-20-17/h2-7,10,17,19H,8-9,11H2,1H3. The highest BCUT2D eigenvalue weighted by atomic mass is 19.1. The van der Waals surface area contributed by atoms with E-state index in [-0.39, 0.29) is 11.9 Å². The van der Waals surface area contributed by atoms with E-state index in [9.17, 15) is 4.39 Å². The van der Waals surface area contributed by atoms with Gasteiger partial charge in [0.2, 0.25) is 0 Å². The fourth-order valence-corrected chi connectivity index (χ4v) is 2.61. The molecule has 0 aliphatic carbocycles. The van der Waals surface area contributed by atoms with Gasteiger partial charge in [-0.15, -0.1) is 0 Å². The fraction of sp³-hybridized carbons (Fsp3) is 0.294. The lowest BCUT2D eigenvalue weighted by molar-refractivity contribution is 0.0513. The zero-order valence-electron chi connectivity index (χ0n) is 11.5. The largest absolute Gasteiger partial charge is 0.382 e. The van der Waals surface area contributed by atoms with Gasteiger partial charge in [0.1, 0.15) is 5.82 Å². The van der Waals surface area contributed by atoms with Crippen LogP contribution in [0.3, 0.4) is 0 Å². The summed E-state index contributed by atoms with van der Waals surface area (Å²) >= 11 is 0. The van der Waals surface area contributed by atoms with Crippen molar-refractivity contribution in [1.29, 1.82) is 0 Å². The Hall–Kier alpha value is -1.87. The molecule has 20 heavy (non-hydrogen) atoms. The van der Waals surface area contributed by atoms with Crippen molar-refractivity contribution in [1.82, 2.24) is 0 Å². The van der Waals surface area contributed by atoms with E-state index in [1.807, 2.05) is 12.1 Å². The summed E-state index contributed by atoms with van der Waals surface area (Å²) in [6.45, 7) is 3.22. The van der Waals surface area contributed by atoms with Gasteiger partial charge in [0.25, 0.3) is 0 Å². The number of hydrogen-bond acceptors (Lipinski definition) is 2. The van der Waals surface area contributed by atoms with Gasteiger partial charge >= 0.3 is 0 Å². The van der Waals surface area contributed by atoms with Crippen molar-refractivity contribution in [3.05, 3.63) is 65.0 Å². The molecule has 2 nitrogen and oxygen atoms in total. The molecule has 1 N–H and O–H groups in total. The number of rotatable bonds is 3. The summed E-state index contributed by atoms with van der Waals surface area (Å²) in [4.78, 5) is 0. The minimum absolute atomic E-state index is 0.0605. The second kappa shape index (κ2) is 5.63. The van der Waals surface area contributed by atoms with Crippen LogP contribution in [0.1, 0.15) is 22.8 Å². The van der Waals surface area contributed by atoms with E-state index in [2.05, 4.69) is 23.5 Å².